The summed E-state index contributed by atoms with van der Waals surface area (Å²) in [7, 11) is 0. The summed E-state index contributed by atoms with van der Waals surface area (Å²) in [5.74, 6) is 1.36. The number of nitrogens with zero attached hydrogens (tertiary/aromatic N) is 2. The molecule has 0 spiro atoms. The number of aromatic nitrogens is 2. The molecule has 1 saturated heterocycles. The Balaban J connectivity index is 1.77. The lowest BCUT2D eigenvalue weighted by Crippen LogP contribution is -2.29. The molecule has 0 unspecified atom stereocenters. The minimum Gasteiger partial charge on any atom is -0.389 e. The number of hydrogen-bond acceptors (Lipinski definition) is 4. The van der Waals surface area contributed by atoms with Gasteiger partial charge < -0.3 is 19.1 Å². The van der Waals surface area contributed by atoms with Crippen LogP contribution in [0.5, 0.6) is 0 Å². The van der Waals surface area contributed by atoms with E-state index in [0.29, 0.717) is 19.1 Å². The lowest BCUT2D eigenvalue weighted by Gasteiger charge is -2.24. The molecule has 1 aliphatic rings. The first kappa shape index (κ1) is 14.5. The fourth-order valence-corrected chi connectivity index (χ4v) is 2.35. The van der Waals surface area contributed by atoms with E-state index in [1.807, 2.05) is 10.8 Å². The van der Waals surface area contributed by atoms with E-state index in [-0.39, 0.29) is 6.10 Å². The van der Waals surface area contributed by atoms with Crippen LogP contribution in [0.4, 0.5) is 0 Å². The second-order valence-electron chi connectivity index (χ2n) is 5.39. The second kappa shape index (κ2) is 7.03. The normalized spacial score (nSPS) is 18.9. The topological polar surface area (TPSA) is 56.5 Å². The van der Waals surface area contributed by atoms with Crippen molar-refractivity contribution in [1.82, 2.24) is 9.55 Å². The van der Waals surface area contributed by atoms with Gasteiger partial charge in [0.1, 0.15) is 5.82 Å². The van der Waals surface area contributed by atoms with Crippen LogP contribution in [0.15, 0.2) is 12.4 Å². The third kappa shape index (κ3) is 4.30. The average molecular weight is 268 g/mol. The van der Waals surface area contributed by atoms with Gasteiger partial charge in [-0.05, 0) is 12.8 Å². The van der Waals surface area contributed by atoms with Gasteiger partial charge in [-0.1, -0.05) is 13.8 Å². The summed E-state index contributed by atoms with van der Waals surface area (Å²) in [6.07, 6.45) is 5.28. The molecule has 5 heteroatoms. The van der Waals surface area contributed by atoms with Crippen molar-refractivity contribution in [3.63, 3.8) is 0 Å². The maximum atomic E-state index is 10.1. The summed E-state index contributed by atoms with van der Waals surface area (Å²) < 4.78 is 13.0. The van der Waals surface area contributed by atoms with E-state index in [0.717, 1.165) is 31.9 Å². The zero-order valence-electron chi connectivity index (χ0n) is 11.8. The van der Waals surface area contributed by atoms with Crippen molar-refractivity contribution in [2.75, 3.05) is 19.8 Å². The van der Waals surface area contributed by atoms with Gasteiger partial charge in [-0.25, -0.2) is 4.98 Å². The second-order valence-corrected chi connectivity index (χ2v) is 5.39. The molecule has 5 nitrogen and oxygen atoms in total. The highest BCUT2D eigenvalue weighted by Crippen LogP contribution is 2.14. The molecule has 19 heavy (non-hydrogen) atoms. The van der Waals surface area contributed by atoms with Crippen molar-refractivity contribution in [2.45, 2.75) is 51.4 Å². The quantitative estimate of drug-likeness (QED) is 0.850. The fraction of sp³-hybridized carbons (Fsp3) is 0.786. The van der Waals surface area contributed by atoms with Gasteiger partial charge in [0, 0.05) is 31.5 Å². The van der Waals surface area contributed by atoms with Crippen molar-refractivity contribution < 1.29 is 14.6 Å². The summed E-state index contributed by atoms with van der Waals surface area (Å²) in [6.45, 7) is 6.64. The number of imidazole rings is 1. The smallest absolute Gasteiger partial charge is 0.111 e. The molecule has 1 fully saturated rings. The van der Waals surface area contributed by atoms with Gasteiger partial charge in [-0.15, -0.1) is 0 Å². The molecule has 2 rings (SSSR count). The predicted molar refractivity (Wildman–Crippen MR) is 72.1 cm³/mol. The van der Waals surface area contributed by atoms with Gasteiger partial charge in [0.2, 0.25) is 0 Å². The molecule has 0 radical (unpaired) electrons. The Morgan fingerprint density at radius 3 is 2.89 bits per heavy atom. The SMILES string of the molecule is CC(C)c1nccn1C[C@H](O)COC1CCOCC1. The highest BCUT2D eigenvalue weighted by atomic mass is 16.5. The van der Waals surface area contributed by atoms with Crippen LogP contribution >= 0.6 is 0 Å². The lowest BCUT2D eigenvalue weighted by molar-refractivity contribution is -0.0618. The largest absolute Gasteiger partial charge is 0.389 e. The van der Waals surface area contributed by atoms with E-state index in [1.165, 1.54) is 0 Å². The van der Waals surface area contributed by atoms with Gasteiger partial charge >= 0.3 is 0 Å². The van der Waals surface area contributed by atoms with Gasteiger partial charge in [0.05, 0.1) is 25.4 Å². The Hall–Kier alpha value is -0.910. The molecule has 1 N–H and O–H groups in total. The van der Waals surface area contributed by atoms with Gasteiger partial charge in [0.15, 0.2) is 0 Å². The first-order chi connectivity index (χ1) is 9.16. The van der Waals surface area contributed by atoms with E-state index in [4.69, 9.17) is 9.47 Å². The molecule has 1 atom stereocenters. The van der Waals surface area contributed by atoms with Crippen LogP contribution in [0, 0.1) is 0 Å². The number of hydrogen-bond donors (Lipinski definition) is 1. The van der Waals surface area contributed by atoms with Gasteiger partial charge in [0.25, 0.3) is 0 Å². The first-order valence-corrected chi connectivity index (χ1v) is 7.05. The van der Waals surface area contributed by atoms with E-state index in [1.54, 1.807) is 6.20 Å². The van der Waals surface area contributed by atoms with Crippen LogP contribution in [-0.4, -0.2) is 46.7 Å². The van der Waals surface area contributed by atoms with Crippen LogP contribution in [0.2, 0.25) is 0 Å². The third-order valence-corrected chi connectivity index (χ3v) is 3.36. The molecule has 108 valence electrons. The Labute approximate surface area is 114 Å². The fourth-order valence-electron chi connectivity index (χ4n) is 2.35. The molecule has 1 aromatic rings. The van der Waals surface area contributed by atoms with Crippen LogP contribution in [0.1, 0.15) is 38.4 Å². The van der Waals surface area contributed by atoms with Crippen molar-refractivity contribution in [1.29, 1.82) is 0 Å². The van der Waals surface area contributed by atoms with Gasteiger partial charge in [-0.2, -0.15) is 0 Å². The molecule has 1 aliphatic heterocycles. The number of rotatable bonds is 6. The lowest BCUT2D eigenvalue weighted by atomic mass is 10.1. The highest BCUT2D eigenvalue weighted by Gasteiger charge is 2.17. The molecule has 0 saturated carbocycles. The molecule has 0 bridgehead atoms. The first-order valence-electron chi connectivity index (χ1n) is 7.05. The summed E-state index contributed by atoms with van der Waals surface area (Å²) in [5, 5.41) is 10.1. The Bertz CT molecular complexity index is 373. The summed E-state index contributed by atoms with van der Waals surface area (Å²) in [6, 6.07) is 0. The van der Waals surface area contributed by atoms with Crippen LogP contribution < -0.4 is 0 Å². The maximum Gasteiger partial charge on any atom is 0.111 e. The van der Waals surface area contributed by atoms with E-state index in [2.05, 4.69) is 18.8 Å². The summed E-state index contributed by atoms with van der Waals surface area (Å²) >= 11 is 0. The molecule has 0 aliphatic carbocycles. The molecule has 2 heterocycles. The third-order valence-electron chi connectivity index (χ3n) is 3.36. The number of ether oxygens (including phenoxy) is 2. The molecule has 0 aromatic carbocycles. The van der Waals surface area contributed by atoms with E-state index >= 15 is 0 Å². The van der Waals surface area contributed by atoms with Crippen LogP contribution in [0.3, 0.4) is 0 Å². The van der Waals surface area contributed by atoms with E-state index in [9.17, 15) is 5.11 Å². The maximum absolute atomic E-state index is 10.1. The zero-order valence-corrected chi connectivity index (χ0v) is 11.8. The van der Waals surface area contributed by atoms with E-state index < -0.39 is 6.10 Å². The zero-order chi connectivity index (χ0) is 13.7. The molecular weight excluding hydrogens is 244 g/mol. The van der Waals surface area contributed by atoms with Gasteiger partial charge in [-0.3, -0.25) is 0 Å². The van der Waals surface area contributed by atoms with Crippen molar-refractivity contribution in [2.24, 2.45) is 0 Å². The molecular formula is C14H24N2O3. The van der Waals surface area contributed by atoms with Crippen LogP contribution in [0.25, 0.3) is 0 Å². The number of aliphatic hydroxyl groups is 1. The van der Waals surface area contributed by atoms with Crippen molar-refractivity contribution in [3.05, 3.63) is 18.2 Å². The Morgan fingerprint density at radius 2 is 2.21 bits per heavy atom. The average Bonchev–Trinajstić information content (AvgIpc) is 2.86. The molecule has 1 aromatic heterocycles. The standard InChI is InChI=1S/C14H24N2O3/c1-11(2)14-15-5-6-16(14)9-12(17)10-19-13-3-7-18-8-4-13/h5-6,11-13,17H,3-4,7-10H2,1-2H3/t12-/m0/s1. The van der Waals surface area contributed by atoms with Crippen molar-refractivity contribution >= 4 is 0 Å². The molecule has 0 amide bonds. The Kier molecular flexibility index (Phi) is 5.36. The van der Waals surface area contributed by atoms with Crippen molar-refractivity contribution in [3.8, 4) is 0 Å². The monoisotopic (exact) mass is 268 g/mol. The minimum absolute atomic E-state index is 0.232. The Morgan fingerprint density at radius 1 is 1.47 bits per heavy atom. The minimum atomic E-state index is -0.491. The predicted octanol–water partition coefficient (Wildman–Crippen LogP) is 1.56. The number of aliphatic hydroxyl groups excluding tert-OH is 1. The highest BCUT2D eigenvalue weighted by molar-refractivity contribution is 4.97. The van der Waals surface area contributed by atoms with Crippen LogP contribution in [-0.2, 0) is 16.0 Å². The summed E-state index contributed by atoms with van der Waals surface area (Å²) in [5.41, 5.74) is 0. The summed E-state index contributed by atoms with van der Waals surface area (Å²) in [4.78, 5) is 4.31.